The summed E-state index contributed by atoms with van der Waals surface area (Å²) in [5, 5.41) is 21.1. The van der Waals surface area contributed by atoms with Gasteiger partial charge in [0.2, 0.25) is 5.69 Å². The van der Waals surface area contributed by atoms with Gasteiger partial charge in [0.1, 0.15) is 12.3 Å². The quantitative estimate of drug-likeness (QED) is 0.501. The number of aromatic hydroxyl groups is 1. The number of benzene rings is 2. The Kier molecular flexibility index (Phi) is 4.33. The number of phenols is 1. The van der Waals surface area contributed by atoms with Crippen molar-refractivity contribution in [3.05, 3.63) is 63.7 Å². The van der Waals surface area contributed by atoms with Gasteiger partial charge in [-0.3, -0.25) is 10.1 Å². The second-order valence-corrected chi connectivity index (χ2v) is 6.90. The molecular formula is C20H23N2O3+. The van der Waals surface area contributed by atoms with Crippen molar-refractivity contribution in [3.63, 3.8) is 0 Å². The Morgan fingerprint density at radius 2 is 1.88 bits per heavy atom. The summed E-state index contributed by atoms with van der Waals surface area (Å²) in [6.07, 6.45) is 1.31. The number of nitro groups is 1. The lowest BCUT2D eigenvalue weighted by Crippen LogP contribution is -2.29. The largest absolute Gasteiger partial charge is 0.508 e. The van der Waals surface area contributed by atoms with Crippen molar-refractivity contribution in [2.24, 2.45) is 0 Å². The van der Waals surface area contributed by atoms with Gasteiger partial charge in [0.25, 0.3) is 5.69 Å². The van der Waals surface area contributed by atoms with Gasteiger partial charge in [-0.05, 0) is 33.3 Å². The Labute approximate surface area is 147 Å². The molecule has 0 saturated heterocycles. The highest BCUT2D eigenvalue weighted by Gasteiger charge is 2.44. The lowest BCUT2D eigenvalue weighted by molar-refractivity contribution is -0.435. The first-order valence-electron chi connectivity index (χ1n) is 8.56. The highest BCUT2D eigenvalue weighted by atomic mass is 16.6. The average molecular weight is 339 g/mol. The Morgan fingerprint density at radius 3 is 2.56 bits per heavy atom. The third-order valence-corrected chi connectivity index (χ3v) is 5.14. The van der Waals surface area contributed by atoms with Gasteiger partial charge in [0.15, 0.2) is 5.71 Å². The number of fused-ring (bicyclic) bond motifs is 1. The van der Waals surface area contributed by atoms with Crippen LogP contribution in [-0.2, 0) is 11.8 Å². The first kappa shape index (κ1) is 17.1. The second kappa shape index (κ2) is 6.31. The first-order chi connectivity index (χ1) is 11.9. The Hall–Kier alpha value is -2.69. The van der Waals surface area contributed by atoms with Crippen LogP contribution < -0.4 is 0 Å². The fourth-order valence-electron chi connectivity index (χ4n) is 3.82. The summed E-state index contributed by atoms with van der Waals surface area (Å²) in [4.78, 5) is 10.6. The van der Waals surface area contributed by atoms with Crippen LogP contribution >= 0.6 is 0 Å². The summed E-state index contributed by atoms with van der Waals surface area (Å²) in [6, 6.07) is 12.6. The minimum atomic E-state index is -0.427. The third-order valence-electron chi connectivity index (χ3n) is 5.14. The third kappa shape index (κ3) is 2.90. The molecule has 0 spiro atoms. The number of hydrogen-bond acceptors (Lipinski definition) is 3. The molecule has 0 radical (unpaired) electrons. The van der Waals surface area contributed by atoms with E-state index in [4.69, 9.17) is 0 Å². The lowest BCUT2D eigenvalue weighted by atomic mass is 9.79. The molecule has 130 valence electrons. The number of nitrogens with zero attached hydrogens (tertiary/aromatic N) is 2. The van der Waals surface area contributed by atoms with Crippen molar-refractivity contribution >= 4 is 17.1 Å². The normalized spacial score (nSPS) is 15.3. The smallest absolute Gasteiger partial charge is 0.269 e. The van der Waals surface area contributed by atoms with Crippen LogP contribution in [0.15, 0.2) is 42.5 Å². The van der Waals surface area contributed by atoms with Crippen LogP contribution in [0.1, 0.15) is 38.3 Å². The molecule has 0 unspecified atom stereocenters. The molecule has 1 aliphatic heterocycles. The Morgan fingerprint density at radius 1 is 1.16 bits per heavy atom. The van der Waals surface area contributed by atoms with Crippen LogP contribution in [0.25, 0.3) is 0 Å². The lowest BCUT2D eigenvalue weighted by Gasteiger charge is -2.18. The highest BCUT2D eigenvalue weighted by molar-refractivity contribution is 5.95. The molecule has 0 bridgehead atoms. The molecule has 3 rings (SSSR count). The fourth-order valence-corrected chi connectivity index (χ4v) is 3.82. The minimum Gasteiger partial charge on any atom is -0.508 e. The van der Waals surface area contributed by atoms with E-state index in [0.717, 1.165) is 13.0 Å². The second-order valence-electron chi connectivity index (χ2n) is 6.90. The van der Waals surface area contributed by atoms with Crippen LogP contribution in [0.5, 0.6) is 5.75 Å². The molecule has 5 nitrogen and oxygen atoms in total. The topological polar surface area (TPSA) is 66.4 Å². The number of hydrogen-bond donors (Lipinski definition) is 1. The Bertz CT molecular complexity index is 869. The number of para-hydroxylation sites is 1. The van der Waals surface area contributed by atoms with E-state index in [1.165, 1.54) is 35.2 Å². The van der Waals surface area contributed by atoms with Crippen molar-refractivity contribution < 1.29 is 14.6 Å². The van der Waals surface area contributed by atoms with Gasteiger partial charge in [-0.1, -0.05) is 18.2 Å². The van der Waals surface area contributed by atoms with E-state index in [9.17, 15) is 15.2 Å². The average Bonchev–Trinajstić information content (AvgIpc) is 2.81. The van der Waals surface area contributed by atoms with Crippen LogP contribution in [0, 0.1) is 10.1 Å². The van der Waals surface area contributed by atoms with Gasteiger partial charge in [-0.15, -0.1) is 0 Å². The van der Waals surface area contributed by atoms with Crippen molar-refractivity contribution in [3.8, 4) is 5.75 Å². The fraction of sp³-hybridized carbons (Fsp3) is 0.350. The van der Waals surface area contributed by atoms with E-state index >= 15 is 0 Å². The summed E-state index contributed by atoms with van der Waals surface area (Å²) in [7, 11) is 0. The van der Waals surface area contributed by atoms with Gasteiger partial charge >= 0.3 is 0 Å². The molecule has 0 aromatic heterocycles. The Balaban J connectivity index is 1.93. The number of nitro benzene ring substituents is 1. The molecule has 2 aromatic carbocycles. The molecule has 0 fully saturated rings. The van der Waals surface area contributed by atoms with E-state index in [1.807, 2.05) is 6.07 Å². The molecule has 0 amide bonds. The molecule has 1 heterocycles. The van der Waals surface area contributed by atoms with Crippen molar-refractivity contribution in [2.45, 2.75) is 39.0 Å². The molecular weight excluding hydrogens is 316 g/mol. The molecule has 2 aromatic rings. The van der Waals surface area contributed by atoms with Gasteiger partial charge in [0.05, 0.1) is 10.3 Å². The van der Waals surface area contributed by atoms with Gasteiger partial charge in [-0.25, -0.2) is 0 Å². The van der Waals surface area contributed by atoms with Crippen LogP contribution in [0.3, 0.4) is 0 Å². The maximum Gasteiger partial charge on any atom is 0.269 e. The van der Waals surface area contributed by atoms with E-state index in [-0.39, 0.29) is 16.9 Å². The van der Waals surface area contributed by atoms with E-state index in [0.29, 0.717) is 12.0 Å². The van der Waals surface area contributed by atoms with Gasteiger partial charge < -0.3 is 5.11 Å². The summed E-state index contributed by atoms with van der Waals surface area (Å²) < 4.78 is 2.32. The van der Waals surface area contributed by atoms with Crippen LogP contribution in [-0.4, -0.2) is 26.9 Å². The molecule has 0 saturated carbocycles. The van der Waals surface area contributed by atoms with Crippen molar-refractivity contribution in [2.75, 3.05) is 6.54 Å². The molecule has 1 aliphatic rings. The first-order valence-corrected chi connectivity index (χ1v) is 8.56. The van der Waals surface area contributed by atoms with Crippen molar-refractivity contribution in [1.82, 2.24) is 0 Å². The molecule has 1 N–H and O–H groups in total. The molecule has 0 aliphatic carbocycles. The zero-order chi connectivity index (χ0) is 18.2. The highest BCUT2D eigenvalue weighted by Crippen LogP contribution is 2.40. The number of phenolic OH excluding ortho intramolecular Hbond substituents is 1. The maximum atomic E-state index is 11.0. The van der Waals surface area contributed by atoms with E-state index < -0.39 is 4.92 Å². The van der Waals surface area contributed by atoms with Crippen LogP contribution in [0.4, 0.5) is 11.4 Å². The van der Waals surface area contributed by atoms with E-state index in [2.05, 4.69) is 43.5 Å². The van der Waals surface area contributed by atoms with Gasteiger partial charge in [-0.2, -0.15) is 4.58 Å². The van der Waals surface area contributed by atoms with Crippen molar-refractivity contribution in [1.29, 1.82) is 0 Å². The SMILES string of the molecule is CC[N+]1=C(CCc2cc([N+](=O)[O-])ccc2O)C(C)(C)c2ccccc21. The molecule has 0 atom stereocenters. The summed E-state index contributed by atoms with van der Waals surface area (Å²) >= 11 is 0. The predicted molar refractivity (Wildman–Crippen MR) is 98.0 cm³/mol. The van der Waals surface area contributed by atoms with Gasteiger partial charge in [0, 0.05) is 35.7 Å². The summed E-state index contributed by atoms with van der Waals surface area (Å²) in [5.74, 6) is 0.113. The van der Waals surface area contributed by atoms with Crippen LogP contribution in [0.2, 0.25) is 0 Å². The van der Waals surface area contributed by atoms with E-state index in [1.54, 1.807) is 0 Å². The number of aryl methyl sites for hydroxylation is 1. The zero-order valence-electron chi connectivity index (χ0n) is 14.8. The minimum absolute atomic E-state index is 0.0131. The summed E-state index contributed by atoms with van der Waals surface area (Å²) in [5.41, 5.74) is 4.34. The maximum absolute atomic E-state index is 11.0. The number of rotatable bonds is 5. The predicted octanol–water partition coefficient (Wildman–Crippen LogP) is 4.33. The zero-order valence-corrected chi connectivity index (χ0v) is 14.8. The monoisotopic (exact) mass is 339 g/mol. The summed E-state index contributed by atoms with van der Waals surface area (Å²) in [6.45, 7) is 7.42. The standard InChI is InChI=1S/C20H22N2O3/c1-4-21-17-8-6-5-7-16(17)20(2,3)19(21)12-9-14-13-15(22(24)25)10-11-18(14)23/h5-8,10-11,13H,4,9,12H2,1-3H3/p+1. The molecule has 25 heavy (non-hydrogen) atoms. The number of non-ortho nitro benzene ring substituents is 1. The molecule has 5 heteroatoms.